The summed E-state index contributed by atoms with van der Waals surface area (Å²) in [4.78, 5) is 26.6. The Morgan fingerprint density at radius 3 is 1.32 bits per heavy atom. The van der Waals surface area contributed by atoms with Crippen molar-refractivity contribution >= 4 is 11.9 Å². The summed E-state index contributed by atoms with van der Waals surface area (Å²) in [6.45, 7) is 5.76. The molecule has 81 heavy (non-hydrogen) atoms. The van der Waals surface area contributed by atoms with Gasteiger partial charge in [0.05, 0.1) is 25.4 Å². The van der Waals surface area contributed by atoms with Crippen LogP contribution in [0.3, 0.4) is 0 Å². The predicted molar refractivity (Wildman–Crippen MR) is 338 cm³/mol. The minimum absolute atomic E-state index is 0.122. The van der Waals surface area contributed by atoms with E-state index in [1.54, 1.807) is 6.08 Å². The third kappa shape index (κ3) is 45.4. The molecule has 1 aliphatic heterocycles. The SMILES string of the molecule is CCCCC/C=C\C/C=C\C/C=C\CCCCCCCCCCCCCCCCC(=O)OC1C(OCC(NC(=O)C(O)CCCCCCCC/C=C\CCCCCC)C(O)/C=C/CCCCCCCCCCC)OC(CO)C(O)C1O. The quantitative estimate of drug-likeness (QED) is 0.0195. The first kappa shape index (κ1) is 76.4. The summed E-state index contributed by atoms with van der Waals surface area (Å²) >= 11 is 0. The van der Waals surface area contributed by atoms with Crippen molar-refractivity contribution in [3.05, 3.63) is 60.8 Å². The van der Waals surface area contributed by atoms with Crippen molar-refractivity contribution in [1.82, 2.24) is 5.32 Å². The molecule has 0 spiro atoms. The second kappa shape index (κ2) is 57.8. The Hall–Kier alpha value is -2.64. The zero-order chi connectivity index (χ0) is 58.9. The molecule has 0 aromatic rings. The number of carbonyl (C=O) groups is 2. The summed E-state index contributed by atoms with van der Waals surface area (Å²) in [7, 11) is 0. The number of hydrogen-bond acceptors (Lipinski definition) is 10. The van der Waals surface area contributed by atoms with Crippen LogP contribution in [0.25, 0.3) is 0 Å². The second-order valence-electron chi connectivity index (χ2n) is 23.6. The zero-order valence-corrected chi connectivity index (χ0v) is 52.4. The number of allylic oxidation sites excluding steroid dienone is 9. The first-order chi connectivity index (χ1) is 39.7. The smallest absolute Gasteiger partial charge is 0.306 e. The van der Waals surface area contributed by atoms with Gasteiger partial charge in [0, 0.05) is 6.42 Å². The molecule has 0 bridgehead atoms. The molecule has 0 aromatic carbocycles. The molecule has 1 aliphatic rings. The van der Waals surface area contributed by atoms with Crippen molar-refractivity contribution in [1.29, 1.82) is 0 Å². The Bertz CT molecular complexity index is 1550. The molecule has 1 rings (SSSR count). The number of aliphatic hydroxyl groups excluding tert-OH is 5. The highest BCUT2D eigenvalue weighted by molar-refractivity contribution is 5.80. The van der Waals surface area contributed by atoms with Crippen LogP contribution in [0, 0.1) is 0 Å². The summed E-state index contributed by atoms with van der Waals surface area (Å²) < 4.78 is 17.7. The fourth-order valence-corrected chi connectivity index (χ4v) is 10.5. The molecule has 1 heterocycles. The third-order valence-electron chi connectivity index (χ3n) is 15.9. The summed E-state index contributed by atoms with van der Waals surface area (Å²) in [5.74, 6) is -1.19. The Morgan fingerprint density at radius 2 is 0.852 bits per heavy atom. The van der Waals surface area contributed by atoms with Crippen molar-refractivity contribution in [2.24, 2.45) is 0 Å². The van der Waals surface area contributed by atoms with Crippen molar-refractivity contribution in [3.8, 4) is 0 Å². The molecule has 6 N–H and O–H groups in total. The van der Waals surface area contributed by atoms with E-state index in [4.69, 9.17) is 14.2 Å². The largest absolute Gasteiger partial charge is 0.454 e. The topological polar surface area (TPSA) is 175 Å². The molecule has 11 nitrogen and oxygen atoms in total. The Balaban J connectivity index is 2.53. The van der Waals surface area contributed by atoms with Gasteiger partial charge in [-0.25, -0.2) is 0 Å². The fourth-order valence-electron chi connectivity index (χ4n) is 10.5. The number of unbranched alkanes of at least 4 members (excludes halogenated alkanes) is 36. The fraction of sp³-hybridized carbons (Fsp3) is 0.829. The Morgan fingerprint density at radius 1 is 0.481 bits per heavy atom. The van der Waals surface area contributed by atoms with E-state index in [1.165, 1.54) is 180 Å². The highest BCUT2D eigenvalue weighted by atomic mass is 16.7. The monoisotopic (exact) mass is 1140 g/mol. The van der Waals surface area contributed by atoms with Crippen LogP contribution in [0.5, 0.6) is 0 Å². The summed E-state index contributed by atoms with van der Waals surface area (Å²) in [6, 6.07) is -1.03. The molecule has 0 radical (unpaired) electrons. The standard InChI is InChI=1S/C70H127NO10/c1-4-7-10-13-16-19-22-24-26-27-28-29-30-31-32-33-34-35-36-37-38-40-43-46-49-52-55-58-65(75)81-68-67(77)66(76)64(59-72)80-70(68)79-60-61(62(73)56-53-50-47-44-41-21-18-15-12-9-6-3)71-69(78)63(74)57-54-51-48-45-42-39-25-23-20-17-14-11-8-5-2/h16,19-20,23-24,26,28-29,53,56,61-64,66-68,70,72-74,76-77H,4-15,17-18,21-22,25,27,30-52,54-55,57-60H2,1-3H3,(H,71,78)/b19-16-,23-20-,26-24-,29-28-,56-53+. The van der Waals surface area contributed by atoms with E-state index < -0.39 is 67.4 Å². The van der Waals surface area contributed by atoms with Crippen molar-refractivity contribution in [3.63, 3.8) is 0 Å². The van der Waals surface area contributed by atoms with Crippen LogP contribution in [-0.4, -0.2) is 99.6 Å². The molecule has 0 saturated carbocycles. The normalized spacial score (nSPS) is 19.0. The molecule has 8 unspecified atom stereocenters. The van der Waals surface area contributed by atoms with Gasteiger partial charge in [-0.05, 0) is 89.9 Å². The Labute approximate surface area is 497 Å². The van der Waals surface area contributed by atoms with E-state index in [0.29, 0.717) is 12.8 Å². The number of nitrogens with one attached hydrogen (secondary N) is 1. The zero-order valence-electron chi connectivity index (χ0n) is 52.4. The van der Waals surface area contributed by atoms with E-state index in [9.17, 15) is 35.1 Å². The molecule has 472 valence electrons. The maximum atomic E-state index is 13.4. The number of esters is 1. The van der Waals surface area contributed by atoms with Gasteiger partial charge in [0.2, 0.25) is 5.91 Å². The first-order valence-corrected chi connectivity index (χ1v) is 34.1. The van der Waals surface area contributed by atoms with E-state index in [0.717, 1.165) is 83.5 Å². The molecule has 1 fully saturated rings. The lowest BCUT2D eigenvalue weighted by Crippen LogP contribution is -2.61. The van der Waals surface area contributed by atoms with E-state index in [2.05, 4.69) is 74.7 Å². The minimum atomic E-state index is -1.61. The average Bonchev–Trinajstić information content (AvgIpc) is 3.49. The average molecular weight is 1140 g/mol. The molecular weight excluding hydrogens is 1010 g/mol. The van der Waals surface area contributed by atoms with Crippen LogP contribution in [0.1, 0.15) is 310 Å². The van der Waals surface area contributed by atoms with Gasteiger partial charge in [-0.15, -0.1) is 0 Å². The van der Waals surface area contributed by atoms with Gasteiger partial charge < -0.3 is 45.1 Å². The van der Waals surface area contributed by atoms with Crippen LogP contribution < -0.4 is 5.32 Å². The number of aliphatic hydroxyl groups is 5. The van der Waals surface area contributed by atoms with Crippen LogP contribution in [0.2, 0.25) is 0 Å². The summed E-state index contributed by atoms with van der Waals surface area (Å²) in [5, 5.41) is 57.0. The van der Waals surface area contributed by atoms with Crippen LogP contribution >= 0.6 is 0 Å². The predicted octanol–water partition coefficient (Wildman–Crippen LogP) is 17.0. The maximum Gasteiger partial charge on any atom is 0.306 e. The number of amides is 1. The van der Waals surface area contributed by atoms with Gasteiger partial charge in [-0.2, -0.15) is 0 Å². The van der Waals surface area contributed by atoms with Gasteiger partial charge >= 0.3 is 5.97 Å². The molecule has 0 aromatic heterocycles. The van der Waals surface area contributed by atoms with Gasteiger partial charge in [-0.1, -0.05) is 274 Å². The van der Waals surface area contributed by atoms with Gasteiger partial charge in [-0.3, -0.25) is 9.59 Å². The lowest BCUT2D eigenvalue weighted by Gasteiger charge is -2.41. The number of ether oxygens (including phenoxy) is 3. The highest BCUT2D eigenvalue weighted by Crippen LogP contribution is 2.26. The molecule has 11 heteroatoms. The van der Waals surface area contributed by atoms with Crippen molar-refractivity contribution < 1.29 is 49.3 Å². The molecule has 0 aliphatic carbocycles. The number of carbonyl (C=O) groups excluding carboxylic acids is 2. The van der Waals surface area contributed by atoms with Crippen molar-refractivity contribution in [2.45, 2.75) is 359 Å². The molecular formula is C70H127NO10. The van der Waals surface area contributed by atoms with Gasteiger partial charge in [0.25, 0.3) is 0 Å². The summed E-state index contributed by atoms with van der Waals surface area (Å²) in [5.41, 5.74) is 0. The van der Waals surface area contributed by atoms with Gasteiger partial charge in [0.1, 0.15) is 24.4 Å². The van der Waals surface area contributed by atoms with E-state index >= 15 is 0 Å². The summed E-state index contributed by atoms with van der Waals surface area (Å²) in [6.07, 6.45) is 62.7. The van der Waals surface area contributed by atoms with Gasteiger partial charge in [0.15, 0.2) is 12.4 Å². The van der Waals surface area contributed by atoms with Crippen LogP contribution in [0.4, 0.5) is 0 Å². The van der Waals surface area contributed by atoms with E-state index in [1.807, 2.05) is 6.08 Å². The molecule has 1 saturated heterocycles. The number of rotatable bonds is 58. The maximum absolute atomic E-state index is 13.4. The molecule has 8 atom stereocenters. The minimum Gasteiger partial charge on any atom is -0.454 e. The van der Waals surface area contributed by atoms with Crippen LogP contribution in [-0.2, 0) is 23.8 Å². The lowest BCUT2D eigenvalue weighted by atomic mass is 9.99. The lowest BCUT2D eigenvalue weighted by molar-refractivity contribution is -0.305. The second-order valence-corrected chi connectivity index (χ2v) is 23.6. The van der Waals surface area contributed by atoms with Crippen LogP contribution in [0.15, 0.2) is 60.8 Å². The third-order valence-corrected chi connectivity index (χ3v) is 15.9. The van der Waals surface area contributed by atoms with E-state index in [-0.39, 0.29) is 19.4 Å². The first-order valence-electron chi connectivity index (χ1n) is 34.1. The highest BCUT2D eigenvalue weighted by Gasteiger charge is 2.47. The molecule has 1 amide bonds. The Kier molecular flexibility index (Phi) is 54.5. The number of hydrogen-bond donors (Lipinski definition) is 6. The van der Waals surface area contributed by atoms with Crippen molar-refractivity contribution in [2.75, 3.05) is 13.2 Å².